The fourth-order valence-corrected chi connectivity index (χ4v) is 12.8. The third-order valence-corrected chi connectivity index (χ3v) is 14.8. The summed E-state index contributed by atoms with van der Waals surface area (Å²) < 4.78 is 4.59. The Bertz CT molecular complexity index is 1130. The van der Waals surface area contributed by atoms with E-state index in [1.54, 1.807) is 0 Å². The summed E-state index contributed by atoms with van der Waals surface area (Å²) in [6.45, 7) is 2.22. The molecule has 0 bridgehead atoms. The number of allylic oxidation sites excluding steroid dienone is 2. The summed E-state index contributed by atoms with van der Waals surface area (Å²) in [7, 11) is 6.30. The first kappa shape index (κ1) is 21.7. The molecule has 1 unspecified atom stereocenters. The van der Waals surface area contributed by atoms with Gasteiger partial charge < -0.3 is 24.8 Å². The molecule has 2 aromatic carbocycles. The molecule has 2 aliphatic carbocycles. The molecule has 0 N–H and O–H groups in total. The van der Waals surface area contributed by atoms with Crippen LogP contribution in [0.2, 0.25) is 0 Å². The topological polar surface area (TPSA) is 0 Å². The van der Waals surface area contributed by atoms with Gasteiger partial charge in [-0.25, -0.2) is 0 Å². The SMILES string of the molecule is CC1=Cc2[c]([Zr+2](=[S])[CH]3C=Cc4sc5ccccc5c43)ccc(Br)c2C1.[Cl-].[Cl-]. The fraction of sp³-hybridized carbons (Fsp3) is 0.143. The Kier molecular flexibility index (Phi) is 6.78. The van der Waals surface area contributed by atoms with Crippen LogP contribution in [-0.4, -0.2) is 0 Å². The van der Waals surface area contributed by atoms with Crippen LogP contribution in [0.25, 0.3) is 22.2 Å². The van der Waals surface area contributed by atoms with E-state index in [1.807, 2.05) is 11.3 Å². The summed E-state index contributed by atoms with van der Waals surface area (Å²) in [6, 6.07) is 13.3. The van der Waals surface area contributed by atoms with Gasteiger partial charge in [0.05, 0.1) is 0 Å². The molecular weight excluding hydrogens is 558 g/mol. The summed E-state index contributed by atoms with van der Waals surface area (Å²) in [6.07, 6.45) is 8.14. The summed E-state index contributed by atoms with van der Waals surface area (Å²) in [5.41, 5.74) is 5.83. The Labute approximate surface area is 195 Å². The number of halogens is 3. The van der Waals surface area contributed by atoms with Crippen molar-refractivity contribution >= 4 is 61.6 Å². The Morgan fingerprint density at radius 3 is 2.74 bits per heavy atom. The van der Waals surface area contributed by atoms with Crippen molar-refractivity contribution in [3.63, 3.8) is 0 Å². The van der Waals surface area contributed by atoms with E-state index < -0.39 is 19.7 Å². The van der Waals surface area contributed by atoms with E-state index in [9.17, 15) is 0 Å². The fourth-order valence-electron chi connectivity index (χ4n) is 3.97. The van der Waals surface area contributed by atoms with E-state index >= 15 is 0 Å². The second kappa shape index (κ2) is 8.42. The van der Waals surface area contributed by atoms with E-state index in [4.69, 9.17) is 8.86 Å². The molecule has 0 aliphatic heterocycles. The molecule has 6 heteroatoms. The quantitative estimate of drug-likeness (QED) is 0.437. The zero-order valence-electron chi connectivity index (χ0n) is 14.4. The second-order valence-corrected chi connectivity index (χ2v) is 15.9. The van der Waals surface area contributed by atoms with E-state index in [0.717, 1.165) is 6.42 Å². The van der Waals surface area contributed by atoms with Crippen LogP contribution in [0.3, 0.4) is 0 Å². The zero-order valence-corrected chi connectivity index (χ0v) is 21.6. The Morgan fingerprint density at radius 2 is 1.93 bits per heavy atom. The van der Waals surface area contributed by atoms with Gasteiger partial charge >= 0.3 is 172 Å². The molecule has 0 radical (unpaired) electrons. The van der Waals surface area contributed by atoms with Gasteiger partial charge in [0.2, 0.25) is 0 Å². The number of rotatable bonds is 2. The van der Waals surface area contributed by atoms with Crippen molar-refractivity contribution in [3.05, 3.63) is 74.1 Å². The predicted octanol–water partition coefficient (Wildman–Crippen LogP) is 0.755. The molecule has 3 aromatic rings. The van der Waals surface area contributed by atoms with Crippen molar-refractivity contribution in [1.29, 1.82) is 0 Å². The molecule has 1 aromatic heterocycles. The maximum atomic E-state index is 6.30. The number of hydrogen-bond donors (Lipinski definition) is 0. The van der Waals surface area contributed by atoms with Crippen LogP contribution in [-0.2, 0) is 26.1 Å². The molecule has 0 fully saturated rings. The van der Waals surface area contributed by atoms with Crippen LogP contribution in [0.5, 0.6) is 0 Å². The van der Waals surface area contributed by atoms with E-state index in [2.05, 4.69) is 77.5 Å². The van der Waals surface area contributed by atoms with Crippen LogP contribution in [0, 0.1) is 0 Å². The van der Waals surface area contributed by atoms with Gasteiger partial charge in [-0.1, -0.05) is 0 Å². The number of hydrogen-bond acceptors (Lipinski definition) is 2. The molecule has 0 nitrogen and oxygen atoms in total. The molecule has 0 amide bonds. The summed E-state index contributed by atoms with van der Waals surface area (Å²) >= 11 is 3.39. The molecule has 0 spiro atoms. The average molecular weight is 574 g/mol. The minimum absolute atomic E-state index is 0. The van der Waals surface area contributed by atoms with E-state index in [1.165, 1.54) is 45.0 Å². The molecule has 2 aliphatic rings. The van der Waals surface area contributed by atoms with Crippen molar-refractivity contribution in [1.82, 2.24) is 0 Å². The van der Waals surface area contributed by atoms with Crippen molar-refractivity contribution in [2.75, 3.05) is 0 Å². The second-order valence-electron chi connectivity index (χ2n) is 6.73. The standard InChI is InChI=1S/C11H7S.C10H8Br.2ClH.S.Zr/c1-2-6-10-8(4-1)9-5-3-7-11(9)12-10;1-7-5-8-3-2-4-10(11)9(8)6-7;;;;/h1-7H;2,4-5H,6H2,1H3;2*1H;;/q;;;;;+2/p-2. The average Bonchev–Trinajstić information content (AvgIpc) is 3.27. The van der Waals surface area contributed by atoms with Crippen LogP contribution in [0.1, 0.15) is 32.1 Å². The van der Waals surface area contributed by atoms with Crippen LogP contribution >= 0.6 is 36.1 Å². The summed E-state index contributed by atoms with van der Waals surface area (Å²) in [5, 5.41) is 1.42. The van der Waals surface area contributed by atoms with Gasteiger partial charge in [-0.05, 0) is 0 Å². The normalized spacial score (nSPS) is 16.0. The molecule has 1 atom stereocenters. The smallest absolute Gasteiger partial charge is 1.00 e. The first-order chi connectivity index (χ1) is 12.1. The first-order valence-corrected chi connectivity index (χ1v) is 16.0. The Morgan fingerprint density at radius 1 is 1.15 bits per heavy atom. The number of thiophene rings is 1. The van der Waals surface area contributed by atoms with E-state index in [0.29, 0.717) is 3.63 Å². The molecule has 0 saturated heterocycles. The van der Waals surface area contributed by atoms with Gasteiger partial charge in [0, 0.05) is 0 Å². The Hall–Kier alpha value is 0.0431. The molecule has 136 valence electrons. The monoisotopic (exact) mass is 570 g/mol. The van der Waals surface area contributed by atoms with Crippen molar-refractivity contribution < 1.29 is 44.5 Å². The molecule has 5 rings (SSSR count). The van der Waals surface area contributed by atoms with Gasteiger partial charge in [-0.15, -0.1) is 0 Å². The van der Waals surface area contributed by atoms with Gasteiger partial charge in [0.15, 0.2) is 0 Å². The van der Waals surface area contributed by atoms with Crippen LogP contribution in [0.4, 0.5) is 0 Å². The minimum Gasteiger partial charge on any atom is -1.00 e. The van der Waals surface area contributed by atoms with Crippen molar-refractivity contribution in [2.45, 2.75) is 17.0 Å². The third-order valence-electron chi connectivity index (χ3n) is 5.11. The first-order valence-electron chi connectivity index (χ1n) is 8.36. The summed E-state index contributed by atoms with van der Waals surface area (Å²) in [4.78, 5) is 1.43. The van der Waals surface area contributed by atoms with E-state index in [-0.39, 0.29) is 24.8 Å². The maximum Gasteiger partial charge on any atom is -1.00 e. The van der Waals surface area contributed by atoms with Crippen molar-refractivity contribution in [3.8, 4) is 0 Å². The third kappa shape index (κ3) is 3.56. The molecular formula is C21H15BrCl2S2Zr. The zero-order chi connectivity index (χ0) is 17.1. The van der Waals surface area contributed by atoms with Gasteiger partial charge in [0.25, 0.3) is 0 Å². The predicted molar refractivity (Wildman–Crippen MR) is 112 cm³/mol. The minimum atomic E-state index is -2.26. The molecule has 27 heavy (non-hydrogen) atoms. The number of benzene rings is 2. The summed E-state index contributed by atoms with van der Waals surface area (Å²) in [5.74, 6) is 0. The van der Waals surface area contributed by atoms with Gasteiger partial charge in [-0.3, -0.25) is 0 Å². The molecule has 0 saturated carbocycles. The van der Waals surface area contributed by atoms with Crippen LogP contribution in [0.15, 0.2) is 52.5 Å². The molecule has 1 heterocycles. The van der Waals surface area contributed by atoms with Gasteiger partial charge in [0.1, 0.15) is 0 Å². The largest absolute Gasteiger partial charge is 1.00 e. The Balaban J connectivity index is 0.00000105. The van der Waals surface area contributed by atoms with Crippen LogP contribution < -0.4 is 28.1 Å². The number of fused-ring (bicyclic) bond motifs is 4. The van der Waals surface area contributed by atoms with Gasteiger partial charge in [-0.2, -0.15) is 0 Å². The maximum absolute atomic E-state index is 6.30. The van der Waals surface area contributed by atoms with Crippen molar-refractivity contribution in [2.24, 2.45) is 0 Å².